The number of amidine groups is 1. The number of nitrogens with zero attached hydrogens (tertiary/aromatic N) is 1. The standard InChI is InChI=1S/C7H11ClN4O2/c1-12(14-2)7(13)4(6(8)11)3-5(9)10/h3,11H,1-2H3,(H3,9,10)/b4-3+,11-6?. The minimum absolute atomic E-state index is 0.191. The van der Waals surface area contributed by atoms with E-state index >= 15 is 0 Å². The molecule has 0 spiro atoms. The van der Waals surface area contributed by atoms with Gasteiger partial charge in [-0.05, 0) is 6.08 Å². The van der Waals surface area contributed by atoms with E-state index in [1.165, 1.54) is 14.2 Å². The molecule has 0 unspecified atom stereocenters. The van der Waals surface area contributed by atoms with E-state index in [0.717, 1.165) is 11.1 Å². The molecule has 4 N–H and O–H groups in total. The van der Waals surface area contributed by atoms with Crippen molar-refractivity contribution in [2.45, 2.75) is 0 Å². The Hall–Kier alpha value is -1.40. The second-order valence-electron chi connectivity index (χ2n) is 2.31. The van der Waals surface area contributed by atoms with Crippen LogP contribution in [-0.4, -0.2) is 36.1 Å². The van der Waals surface area contributed by atoms with Crippen LogP contribution in [0, 0.1) is 10.8 Å². The van der Waals surface area contributed by atoms with Gasteiger partial charge in [0.25, 0.3) is 5.91 Å². The van der Waals surface area contributed by atoms with Crippen molar-refractivity contribution in [3.05, 3.63) is 11.6 Å². The van der Waals surface area contributed by atoms with Crippen molar-refractivity contribution in [3.63, 3.8) is 0 Å². The topological polar surface area (TPSA) is 103 Å². The molecule has 0 saturated heterocycles. The number of nitrogens with two attached hydrogens (primary N) is 1. The number of hydrogen-bond acceptors (Lipinski definition) is 4. The van der Waals surface area contributed by atoms with Crippen molar-refractivity contribution in [2.75, 3.05) is 14.2 Å². The Bertz CT molecular complexity index is 300. The molecule has 0 aromatic carbocycles. The van der Waals surface area contributed by atoms with E-state index in [9.17, 15) is 4.79 Å². The second-order valence-corrected chi connectivity index (χ2v) is 2.69. The summed E-state index contributed by atoms with van der Waals surface area (Å²) in [6.45, 7) is 0. The molecular formula is C7H11ClN4O2. The molecule has 0 bridgehead atoms. The zero-order chi connectivity index (χ0) is 11.3. The minimum Gasteiger partial charge on any atom is -0.384 e. The second kappa shape index (κ2) is 5.36. The summed E-state index contributed by atoms with van der Waals surface area (Å²) in [5.41, 5.74) is 4.86. The Morgan fingerprint density at radius 2 is 2.07 bits per heavy atom. The molecule has 1 amide bonds. The summed E-state index contributed by atoms with van der Waals surface area (Å²) in [6, 6.07) is 0. The van der Waals surface area contributed by atoms with Crippen molar-refractivity contribution < 1.29 is 9.63 Å². The lowest BCUT2D eigenvalue weighted by molar-refractivity contribution is -0.163. The van der Waals surface area contributed by atoms with E-state index in [4.69, 9.17) is 28.2 Å². The largest absolute Gasteiger partial charge is 0.384 e. The molecule has 0 aromatic rings. The van der Waals surface area contributed by atoms with Gasteiger partial charge in [-0.15, -0.1) is 0 Å². The quantitative estimate of drug-likeness (QED) is 0.270. The Labute approximate surface area is 86.2 Å². The molecule has 0 fully saturated rings. The number of rotatable bonds is 4. The van der Waals surface area contributed by atoms with Crippen LogP contribution in [0.15, 0.2) is 11.6 Å². The lowest BCUT2D eigenvalue weighted by Gasteiger charge is -2.14. The fourth-order valence-electron chi connectivity index (χ4n) is 0.627. The van der Waals surface area contributed by atoms with Gasteiger partial charge in [-0.2, -0.15) is 0 Å². The molecule has 0 aliphatic carbocycles. The summed E-state index contributed by atoms with van der Waals surface area (Å²) in [6.07, 6.45) is 0.993. The number of carbonyl (C=O) groups excluding carboxylic acids is 1. The van der Waals surface area contributed by atoms with E-state index in [1.54, 1.807) is 0 Å². The summed E-state index contributed by atoms with van der Waals surface area (Å²) in [4.78, 5) is 16.0. The maximum Gasteiger partial charge on any atom is 0.280 e. The molecule has 0 aliphatic rings. The summed E-state index contributed by atoms with van der Waals surface area (Å²) in [7, 11) is 2.65. The normalized spacial score (nSPS) is 10.9. The molecule has 14 heavy (non-hydrogen) atoms. The van der Waals surface area contributed by atoms with Crippen LogP contribution in [0.4, 0.5) is 0 Å². The van der Waals surface area contributed by atoms with Gasteiger partial charge in [0.2, 0.25) is 0 Å². The van der Waals surface area contributed by atoms with E-state index in [0.29, 0.717) is 0 Å². The first-order chi connectivity index (χ1) is 6.40. The number of nitrogens with one attached hydrogen (secondary N) is 2. The smallest absolute Gasteiger partial charge is 0.280 e. The Balaban J connectivity index is 4.95. The zero-order valence-electron chi connectivity index (χ0n) is 7.80. The highest BCUT2D eigenvalue weighted by Gasteiger charge is 2.17. The van der Waals surface area contributed by atoms with E-state index in [2.05, 4.69) is 4.84 Å². The van der Waals surface area contributed by atoms with E-state index in [1.807, 2.05) is 0 Å². The number of carbonyl (C=O) groups is 1. The molecular weight excluding hydrogens is 208 g/mol. The predicted octanol–water partition coefficient (Wildman–Crippen LogP) is 0.0846. The van der Waals surface area contributed by atoms with Gasteiger partial charge in [0.15, 0.2) is 0 Å². The van der Waals surface area contributed by atoms with Crippen molar-refractivity contribution in [2.24, 2.45) is 5.73 Å². The van der Waals surface area contributed by atoms with Crippen LogP contribution in [0.5, 0.6) is 0 Å². The molecule has 78 valence electrons. The van der Waals surface area contributed by atoms with Gasteiger partial charge in [0.05, 0.1) is 12.7 Å². The first kappa shape index (κ1) is 12.6. The van der Waals surface area contributed by atoms with E-state index in [-0.39, 0.29) is 11.4 Å². The fraction of sp³-hybridized carbons (Fsp3) is 0.286. The Morgan fingerprint density at radius 1 is 1.57 bits per heavy atom. The Kier molecular flexibility index (Phi) is 4.82. The molecule has 0 atom stereocenters. The van der Waals surface area contributed by atoms with Gasteiger partial charge in [-0.25, -0.2) is 5.06 Å². The van der Waals surface area contributed by atoms with E-state index < -0.39 is 11.1 Å². The van der Waals surface area contributed by atoms with Gasteiger partial charge in [-0.3, -0.25) is 20.5 Å². The highest BCUT2D eigenvalue weighted by atomic mass is 35.5. The Morgan fingerprint density at radius 3 is 2.36 bits per heavy atom. The molecule has 0 saturated carbocycles. The predicted molar refractivity (Wildman–Crippen MR) is 53.4 cm³/mol. The number of hydrogen-bond donors (Lipinski definition) is 3. The first-order valence-corrected chi connectivity index (χ1v) is 3.90. The number of likely N-dealkylation sites (N-methyl/N-ethyl adjacent to an activating group) is 1. The van der Waals surface area contributed by atoms with Crippen LogP contribution < -0.4 is 5.73 Å². The first-order valence-electron chi connectivity index (χ1n) is 3.52. The molecule has 0 aliphatic heterocycles. The van der Waals surface area contributed by atoms with Gasteiger partial charge < -0.3 is 5.73 Å². The van der Waals surface area contributed by atoms with Crippen molar-refractivity contribution in [1.82, 2.24) is 5.06 Å². The monoisotopic (exact) mass is 218 g/mol. The van der Waals surface area contributed by atoms with Gasteiger partial charge >= 0.3 is 0 Å². The molecule has 0 rings (SSSR count). The third-order valence-corrected chi connectivity index (χ3v) is 1.53. The third kappa shape index (κ3) is 3.55. The molecule has 0 radical (unpaired) electrons. The number of hydroxylamine groups is 2. The average molecular weight is 219 g/mol. The fourth-order valence-corrected chi connectivity index (χ4v) is 0.762. The van der Waals surface area contributed by atoms with Gasteiger partial charge in [0.1, 0.15) is 11.0 Å². The van der Waals surface area contributed by atoms with Crippen molar-refractivity contribution in [3.8, 4) is 0 Å². The van der Waals surface area contributed by atoms with Crippen LogP contribution in [0.2, 0.25) is 0 Å². The molecule has 6 nitrogen and oxygen atoms in total. The number of amides is 1. The lowest BCUT2D eigenvalue weighted by Crippen LogP contribution is -2.29. The summed E-state index contributed by atoms with van der Waals surface area (Å²) in [5, 5.41) is 14.4. The van der Waals surface area contributed by atoms with Crippen molar-refractivity contribution >= 4 is 28.5 Å². The maximum atomic E-state index is 11.4. The summed E-state index contributed by atoms with van der Waals surface area (Å²) >= 11 is 5.34. The third-order valence-electron chi connectivity index (χ3n) is 1.33. The highest BCUT2D eigenvalue weighted by molar-refractivity contribution is 6.71. The van der Waals surface area contributed by atoms with Gasteiger partial charge in [-0.1, -0.05) is 11.6 Å². The SMILES string of the molecule is CON(C)C(=O)/C(=C/C(=N)N)C(=N)Cl. The lowest BCUT2D eigenvalue weighted by atomic mass is 10.2. The zero-order valence-corrected chi connectivity index (χ0v) is 8.55. The molecule has 7 heteroatoms. The van der Waals surface area contributed by atoms with Crippen LogP contribution >= 0.6 is 11.6 Å². The van der Waals surface area contributed by atoms with Gasteiger partial charge in [0, 0.05) is 7.05 Å². The highest BCUT2D eigenvalue weighted by Crippen LogP contribution is 2.05. The summed E-state index contributed by atoms with van der Waals surface area (Å²) in [5.74, 6) is -0.994. The maximum absolute atomic E-state index is 11.4. The van der Waals surface area contributed by atoms with Crippen LogP contribution in [0.3, 0.4) is 0 Å². The average Bonchev–Trinajstić information content (AvgIpc) is 2.11. The molecule has 0 heterocycles. The minimum atomic E-state index is -0.636. The van der Waals surface area contributed by atoms with Crippen molar-refractivity contribution in [1.29, 1.82) is 10.8 Å². The van der Waals surface area contributed by atoms with Crippen LogP contribution in [0.1, 0.15) is 0 Å². The van der Waals surface area contributed by atoms with Crippen LogP contribution in [-0.2, 0) is 9.63 Å². The molecule has 0 aromatic heterocycles. The summed E-state index contributed by atoms with van der Waals surface area (Å²) < 4.78 is 0. The van der Waals surface area contributed by atoms with Crippen LogP contribution in [0.25, 0.3) is 0 Å². The number of halogens is 1.